The van der Waals surface area contributed by atoms with Crippen molar-refractivity contribution in [1.82, 2.24) is 4.98 Å². The monoisotopic (exact) mass is 678 g/mol. The van der Waals surface area contributed by atoms with Gasteiger partial charge < -0.3 is 4.98 Å². The van der Waals surface area contributed by atoms with Crippen LogP contribution in [0.2, 0.25) is 0 Å². The maximum absolute atomic E-state index is 12.7. The first kappa shape index (κ1) is 29.7. The molecule has 53 heavy (non-hydrogen) atoms. The molecule has 0 bridgehead atoms. The summed E-state index contributed by atoms with van der Waals surface area (Å²) in [6.07, 6.45) is 0. The molecule has 4 nitrogen and oxygen atoms in total. The summed E-state index contributed by atoms with van der Waals surface area (Å²) < 4.78 is 0. The zero-order chi connectivity index (χ0) is 35.3. The number of nitro benzene ring substituents is 1. The predicted octanol–water partition coefficient (Wildman–Crippen LogP) is 12.7. The van der Waals surface area contributed by atoms with Crippen LogP contribution in [-0.2, 0) is 5.41 Å². The van der Waals surface area contributed by atoms with Crippen molar-refractivity contribution in [2.45, 2.75) is 5.41 Å². The lowest BCUT2D eigenvalue weighted by molar-refractivity contribution is -0.383. The summed E-state index contributed by atoms with van der Waals surface area (Å²) in [5.41, 5.74) is 13.0. The number of hydrogen-bond donors (Lipinski definition) is 1. The summed E-state index contributed by atoms with van der Waals surface area (Å²) in [4.78, 5) is 16.1. The van der Waals surface area contributed by atoms with Gasteiger partial charge in [-0.3, -0.25) is 10.1 Å². The van der Waals surface area contributed by atoms with Crippen molar-refractivity contribution in [3.8, 4) is 33.4 Å². The minimum Gasteiger partial charge on any atom is -0.348 e. The van der Waals surface area contributed by atoms with Crippen molar-refractivity contribution in [3.63, 3.8) is 0 Å². The molecule has 2 aliphatic carbocycles. The van der Waals surface area contributed by atoms with E-state index in [9.17, 15) is 10.1 Å². The normalized spacial score (nSPS) is 13.2. The molecule has 0 aliphatic heterocycles. The van der Waals surface area contributed by atoms with Crippen LogP contribution in [0.25, 0.3) is 76.7 Å². The van der Waals surface area contributed by atoms with Crippen molar-refractivity contribution in [3.05, 3.63) is 208 Å². The van der Waals surface area contributed by atoms with Crippen LogP contribution in [0.1, 0.15) is 22.3 Å². The largest absolute Gasteiger partial charge is 0.348 e. The highest BCUT2D eigenvalue weighted by atomic mass is 16.6. The summed E-state index contributed by atoms with van der Waals surface area (Å²) in [6, 6.07) is 61.7. The summed E-state index contributed by atoms with van der Waals surface area (Å²) in [5, 5.41) is 18.6. The van der Waals surface area contributed by atoms with Crippen LogP contribution in [0.15, 0.2) is 176 Å². The van der Waals surface area contributed by atoms with Gasteiger partial charge in [0.15, 0.2) is 0 Å². The molecule has 0 saturated carbocycles. The fourth-order valence-corrected chi connectivity index (χ4v) is 9.49. The van der Waals surface area contributed by atoms with E-state index in [1.807, 2.05) is 18.2 Å². The van der Waals surface area contributed by atoms with Gasteiger partial charge in [-0.2, -0.15) is 0 Å². The molecule has 0 radical (unpaired) electrons. The summed E-state index contributed by atoms with van der Waals surface area (Å²) >= 11 is 0. The first-order valence-electron chi connectivity index (χ1n) is 18.0. The van der Waals surface area contributed by atoms with E-state index in [-0.39, 0.29) is 10.6 Å². The molecule has 4 heteroatoms. The van der Waals surface area contributed by atoms with Crippen LogP contribution in [0.5, 0.6) is 0 Å². The fraction of sp³-hybridized carbons (Fsp3) is 0.0204. The number of benzene rings is 8. The second-order valence-electron chi connectivity index (χ2n) is 14.0. The highest BCUT2D eigenvalue weighted by molar-refractivity contribution is 6.21. The molecule has 2 aliphatic rings. The van der Waals surface area contributed by atoms with Gasteiger partial charge in [0.2, 0.25) is 0 Å². The number of H-pyrrole nitrogens is 1. The molecule has 1 N–H and O–H groups in total. The molecule has 1 heterocycles. The number of rotatable bonds is 2. The Morgan fingerprint density at radius 3 is 1.36 bits per heavy atom. The molecule has 0 amide bonds. The Morgan fingerprint density at radius 1 is 0.396 bits per heavy atom. The van der Waals surface area contributed by atoms with Crippen molar-refractivity contribution < 1.29 is 4.92 Å². The predicted molar refractivity (Wildman–Crippen MR) is 217 cm³/mol. The molecule has 0 saturated heterocycles. The van der Waals surface area contributed by atoms with E-state index < -0.39 is 5.41 Å². The number of aromatic amines is 1. The first-order valence-corrected chi connectivity index (χ1v) is 18.0. The number of fused-ring (bicyclic) bond motifs is 17. The van der Waals surface area contributed by atoms with E-state index in [2.05, 4.69) is 151 Å². The molecule has 1 spiro atoms. The van der Waals surface area contributed by atoms with Crippen molar-refractivity contribution >= 4 is 49.0 Å². The molecule has 0 atom stereocenters. The number of hydrogen-bond acceptors (Lipinski definition) is 2. The summed E-state index contributed by atoms with van der Waals surface area (Å²) in [6.45, 7) is 0. The van der Waals surface area contributed by atoms with Crippen molar-refractivity contribution in [2.75, 3.05) is 0 Å². The standard InChI is InChI=1S/C49H30N2O2/c52-51(53)46-26-12-22-41-35-16-4-2-14-33(35)32-13-1-3-15-34(32)40-21-11-20-31(47(40)50-48(41)46)30-27-28-39-38-19-7-10-25-44(38)49(45(39)29-30)42-23-8-5-17-36(42)37-18-6-9-24-43(37)49/h1-29,50H. The van der Waals surface area contributed by atoms with Crippen molar-refractivity contribution in [1.29, 1.82) is 0 Å². The number of para-hydroxylation sites is 2. The number of aromatic nitrogens is 1. The summed E-state index contributed by atoms with van der Waals surface area (Å²) in [7, 11) is 0. The van der Waals surface area contributed by atoms with Gasteiger partial charge in [0, 0.05) is 22.4 Å². The van der Waals surface area contributed by atoms with Crippen LogP contribution in [0.4, 0.5) is 5.69 Å². The highest BCUT2D eigenvalue weighted by Crippen LogP contribution is 2.63. The molecule has 8 aromatic carbocycles. The van der Waals surface area contributed by atoms with Gasteiger partial charge in [0.1, 0.15) is 5.52 Å². The van der Waals surface area contributed by atoms with E-state index in [1.54, 1.807) is 12.1 Å². The topological polar surface area (TPSA) is 58.9 Å². The Kier molecular flexibility index (Phi) is 6.15. The number of nitrogens with one attached hydrogen (secondary N) is 1. The second kappa shape index (κ2) is 11.0. The zero-order valence-electron chi connectivity index (χ0n) is 28.5. The van der Waals surface area contributed by atoms with E-state index in [1.165, 1.54) is 44.5 Å². The number of nitrogens with zero attached hydrogens (tertiary/aromatic N) is 1. The third-order valence-electron chi connectivity index (χ3n) is 11.6. The van der Waals surface area contributed by atoms with Crippen LogP contribution in [-0.4, -0.2) is 9.91 Å². The van der Waals surface area contributed by atoms with Crippen LogP contribution >= 0.6 is 0 Å². The van der Waals surface area contributed by atoms with E-state index in [0.29, 0.717) is 5.52 Å². The van der Waals surface area contributed by atoms with Gasteiger partial charge in [-0.15, -0.1) is 0 Å². The maximum atomic E-state index is 12.7. The van der Waals surface area contributed by atoms with Crippen LogP contribution in [0, 0.1) is 10.1 Å². The van der Waals surface area contributed by atoms with Crippen molar-refractivity contribution in [2.24, 2.45) is 0 Å². The van der Waals surface area contributed by atoms with E-state index in [4.69, 9.17) is 0 Å². The first-order chi connectivity index (χ1) is 26.1. The molecule has 1 aromatic heterocycles. The highest BCUT2D eigenvalue weighted by Gasteiger charge is 2.51. The molecule has 248 valence electrons. The lowest BCUT2D eigenvalue weighted by Crippen LogP contribution is -2.25. The lowest BCUT2D eigenvalue weighted by Gasteiger charge is -2.30. The number of nitro groups is 1. The van der Waals surface area contributed by atoms with Crippen LogP contribution in [0.3, 0.4) is 0 Å². The smallest absolute Gasteiger partial charge is 0.293 e. The molecule has 11 rings (SSSR count). The minimum atomic E-state index is -0.483. The zero-order valence-corrected chi connectivity index (χ0v) is 28.5. The Bertz CT molecular complexity index is 3050. The molecule has 9 aromatic rings. The van der Waals surface area contributed by atoms with Gasteiger partial charge in [0.05, 0.1) is 15.9 Å². The fourth-order valence-electron chi connectivity index (χ4n) is 9.49. The van der Waals surface area contributed by atoms with Gasteiger partial charge in [0.25, 0.3) is 5.69 Å². The third kappa shape index (κ3) is 3.95. The van der Waals surface area contributed by atoms with Crippen LogP contribution < -0.4 is 0 Å². The van der Waals surface area contributed by atoms with E-state index >= 15 is 0 Å². The Hall–Kier alpha value is -7.04. The Balaban J connectivity index is 1.30. The Labute approximate surface area is 305 Å². The lowest BCUT2D eigenvalue weighted by atomic mass is 9.70. The molecule has 0 fully saturated rings. The molecular weight excluding hydrogens is 649 g/mol. The third-order valence-corrected chi connectivity index (χ3v) is 11.6. The van der Waals surface area contributed by atoms with Gasteiger partial charge >= 0.3 is 0 Å². The molecular formula is C49H30N2O2. The minimum absolute atomic E-state index is 0.0338. The Morgan fingerprint density at radius 2 is 0.811 bits per heavy atom. The maximum Gasteiger partial charge on any atom is 0.293 e. The number of non-ortho nitro benzene ring substituents is 1. The van der Waals surface area contributed by atoms with Gasteiger partial charge in [-0.05, 0) is 77.7 Å². The quantitative estimate of drug-likeness (QED) is 0.146. The SMILES string of the molecule is O=[N+]([O-])c1cccc2c1[nH]c1c(-c3ccc4c(c3)C3(c5ccccc5-c5ccccc53)c3ccccc3-4)cccc1c1ccccc1c1ccccc21. The molecule has 0 unspecified atom stereocenters. The average molecular weight is 679 g/mol. The van der Waals surface area contributed by atoms with Gasteiger partial charge in [-0.1, -0.05) is 164 Å². The van der Waals surface area contributed by atoms with Gasteiger partial charge in [-0.25, -0.2) is 0 Å². The van der Waals surface area contributed by atoms with E-state index in [0.717, 1.165) is 49.0 Å². The summed E-state index contributed by atoms with van der Waals surface area (Å²) in [5.74, 6) is 0. The second-order valence-corrected chi connectivity index (χ2v) is 14.0. The average Bonchev–Trinajstić information content (AvgIpc) is 3.69.